The number of piperidine rings is 2. The molecule has 8 heteroatoms. The van der Waals surface area contributed by atoms with Crippen LogP contribution in [-0.2, 0) is 4.79 Å². The molecule has 0 bridgehead atoms. The zero-order chi connectivity index (χ0) is 22.5. The lowest BCUT2D eigenvalue weighted by atomic mass is 9.96. The van der Waals surface area contributed by atoms with Gasteiger partial charge in [0.15, 0.2) is 0 Å². The van der Waals surface area contributed by atoms with Crippen LogP contribution >= 0.6 is 0 Å². The molecule has 2 fully saturated rings. The molecular formula is C24H30FN5O2. The minimum atomic E-state index is -0.333. The molecule has 0 saturated carbocycles. The molecule has 4 rings (SSSR count). The van der Waals surface area contributed by atoms with Gasteiger partial charge in [-0.1, -0.05) is 0 Å². The molecule has 0 spiro atoms. The molecule has 1 N–H and O–H groups in total. The van der Waals surface area contributed by atoms with E-state index in [4.69, 9.17) is 0 Å². The second-order valence-electron chi connectivity index (χ2n) is 8.71. The fraction of sp³-hybridized carbons (Fsp3) is 0.500. The standard InChI is InChI=1S/C24H30FN5O2/c1-17-21(24(32)30-12-3-2-4-13-30)14-26-23(27-17)18-6-5-11-29(15-18)16-22(31)28-20-9-7-19(25)8-10-20/h7-10,14,18H,2-6,11-13,15-16H2,1H3,(H,28,31). The molecule has 0 radical (unpaired) electrons. The molecule has 32 heavy (non-hydrogen) atoms. The highest BCUT2D eigenvalue weighted by molar-refractivity contribution is 5.95. The average molecular weight is 440 g/mol. The van der Waals surface area contributed by atoms with Gasteiger partial charge in [0, 0.05) is 37.4 Å². The van der Waals surface area contributed by atoms with E-state index in [-0.39, 0.29) is 30.1 Å². The number of carbonyl (C=O) groups is 2. The first-order chi connectivity index (χ1) is 15.5. The Morgan fingerprint density at radius 1 is 1.09 bits per heavy atom. The van der Waals surface area contributed by atoms with E-state index in [9.17, 15) is 14.0 Å². The molecule has 2 aromatic rings. The Morgan fingerprint density at radius 2 is 1.84 bits per heavy atom. The van der Waals surface area contributed by atoms with Crippen LogP contribution in [0.15, 0.2) is 30.5 Å². The summed E-state index contributed by atoms with van der Waals surface area (Å²) in [5, 5.41) is 2.81. The summed E-state index contributed by atoms with van der Waals surface area (Å²) in [5.74, 6) is 0.427. The number of halogens is 1. The van der Waals surface area contributed by atoms with Crippen molar-refractivity contribution in [1.82, 2.24) is 19.8 Å². The van der Waals surface area contributed by atoms with Crippen LogP contribution in [0.25, 0.3) is 0 Å². The van der Waals surface area contributed by atoms with E-state index in [1.165, 1.54) is 18.6 Å². The first-order valence-electron chi connectivity index (χ1n) is 11.4. The van der Waals surface area contributed by atoms with E-state index in [1.807, 2.05) is 11.8 Å². The maximum Gasteiger partial charge on any atom is 0.257 e. The number of nitrogens with one attached hydrogen (secondary N) is 1. The van der Waals surface area contributed by atoms with Crippen LogP contribution in [0.4, 0.5) is 10.1 Å². The van der Waals surface area contributed by atoms with E-state index < -0.39 is 0 Å². The third-order valence-corrected chi connectivity index (χ3v) is 6.24. The number of hydrogen-bond acceptors (Lipinski definition) is 5. The number of aryl methyl sites for hydroxylation is 1. The van der Waals surface area contributed by atoms with Gasteiger partial charge < -0.3 is 10.2 Å². The summed E-state index contributed by atoms with van der Waals surface area (Å²) >= 11 is 0. The van der Waals surface area contributed by atoms with Crippen LogP contribution in [0.3, 0.4) is 0 Å². The van der Waals surface area contributed by atoms with Gasteiger partial charge in [-0.3, -0.25) is 14.5 Å². The van der Waals surface area contributed by atoms with Crippen LogP contribution in [-0.4, -0.2) is 64.3 Å². The van der Waals surface area contributed by atoms with Gasteiger partial charge in [0.25, 0.3) is 5.91 Å². The number of benzene rings is 1. The number of amides is 2. The number of carbonyl (C=O) groups excluding carboxylic acids is 2. The van der Waals surface area contributed by atoms with Gasteiger partial charge in [-0.25, -0.2) is 14.4 Å². The molecule has 1 unspecified atom stereocenters. The number of rotatable bonds is 5. The van der Waals surface area contributed by atoms with Gasteiger partial charge in [-0.05, 0) is 69.8 Å². The van der Waals surface area contributed by atoms with Crippen molar-refractivity contribution in [2.24, 2.45) is 0 Å². The highest BCUT2D eigenvalue weighted by atomic mass is 19.1. The predicted octanol–water partition coefficient (Wildman–Crippen LogP) is 3.37. The van der Waals surface area contributed by atoms with Crippen molar-refractivity contribution in [3.8, 4) is 0 Å². The molecule has 2 aliphatic heterocycles. The summed E-state index contributed by atoms with van der Waals surface area (Å²) in [7, 11) is 0. The SMILES string of the molecule is Cc1nc(C2CCCN(CC(=O)Nc3ccc(F)cc3)C2)ncc1C(=O)N1CCCCC1. The number of anilines is 1. The summed E-state index contributed by atoms with van der Waals surface area (Å²) in [6.07, 6.45) is 6.86. The fourth-order valence-corrected chi connectivity index (χ4v) is 4.51. The Hall–Kier alpha value is -2.87. The van der Waals surface area contributed by atoms with E-state index in [0.29, 0.717) is 17.8 Å². The van der Waals surface area contributed by atoms with Crippen molar-refractivity contribution < 1.29 is 14.0 Å². The van der Waals surface area contributed by atoms with Crippen molar-refractivity contribution in [1.29, 1.82) is 0 Å². The monoisotopic (exact) mass is 439 g/mol. The second kappa shape index (κ2) is 10.2. The normalized spacial score (nSPS) is 19.6. The first-order valence-corrected chi connectivity index (χ1v) is 11.4. The van der Waals surface area contributed by atoms with Crippen LogP contribution in [0.2, 0.25) is 0 Å². The van der Waals surface area contributed by atoms with E-state index >= 15 is 0 Å². The average Bonchev–Trinajstić information content (AvgIpc) is 2.81. The molecule has 2 aliphatic rings. The number of nitrogens with zero attached hydrogens (tertiary/aromatic N) is 4. The van der Waals surface area contributed by atoms with Crippen LogP contribution < -0.4 is 5.32 Å². The van der Waals surface area contributed by atoms with Crippen molar-refractivity contribution in [2.45, 2.75) is 44.9 Å². The number of likely N-dealkylation sites (tertiary alicyclic amines) is 2. The Balaban J connectivity index is 1.36. The van der Waals surface area contributed by atoms with E-state index in [1.54, 1.807) is 18.3 Å². The zero-order valence-corrected chi connectivity index (χ0v) is 18.5. The summed E-state index contributed by atoms with van der Waals surface area (Å²) < 4.78 is 13.0. The van der Waals surface area contributed by atoms with Gasteiger partial charge >= 0.3 is 0 Å². The van der Waals surface area contributed by atoms with Crippen molar-refractivity contribution in [3.63, 3.8) is 0 Å². The minimum absolute atomic E-state index is 0.0245. The molecule has 170 valence electrons. The van der Waals surface area contributed by atoms with Crippen LogP contribution in [0.5, 0.6) is 0 Å². The smallest absolute Gasteiger partial charge is 0.257 e. The molecule has 1 aromatic heterocycles. The van der Waals surface area contributed by atoms with Crippen LogP contribution in [0.1, 0.15) is 59.9 Å². The molecule has 2 saturated heterocycles. The van der Waals surface area contributed by atoms with Crippen molar-refractivity contribution in [3.05, 3.63) is 53.4 Å². The van der Waals surface area contributed by atoms with E-state index in [0.717, 1.165) is 56.8 Å². The Bertz CT molecular complexity index is 959. The largest absolute Gasteiger partial charge is 0.339 e. The first kappa shape index (κ1) is 22.3. The maximum atomic E-state index is 13.0. The van der Waals surface area contributed by atoms with E-state index in [2.05, 4.69) is 20.2 Å². The molecule has 2 amide bonds. The quantitative estimate of drug-likeness (QED) is 0.773. The lowest BCUT2D eigenvalue weighted by Crippen LogP contribution is -2.40. The van der Waals surface area contributed by atoms with Gasteiger partial charge in [-0.15, -0.1) is 0 Å². The summed E-state index contributed by atoms with van der Waals surface area (Å²) in [6.45, 7) is 5.26. The highest BCUT2D eigenvalue weighted by Gasteiger charge is 2.27. The number of aromatic nitrogens is 2. The van der Waals surface area contributed by atoms with Crippen LogP contribution in [0, 0.1) is 12.7 Å². The maximum absolute atomic E-state index is 13.0. The molecule has 3 heterocycles. The molecule has 1 atom stereocenters. The fourth-order valence-electron chi connectivity index (χ4n) is 4.51. The molecule has 7 nitrogen and oxygen atoms in total. The third-order valence-electron chi connectivity index (χ3n) is 6.24. The van der Waals surface area contributed by atoms with Gasteiger partial charge in [0.2, 0.25) is 5.91 Å². The molecule has 1 aromatic carbocycles. The number of hydrogen-bond donors (Lipinski definition) is 1. The van der Waals surface area contributed by atoms with Gasteiger partial charge in [0.1, 0.15) is 11.6 Å². The molecular weight excluding hydrogens is 409 g/mol. The lowest BCUT2D eigenvalue weighted by Gasteiger charge is -2.31. The topological polar surface area (TPSA) is 78.4 Å². The van der Waals surface area contributed by atoms with Gasteiger partial charge in [0.05, 0.1) is 17.8 Å². The third kappa shape index (κ3) is 5.48. The van der Waals surface area contributed by atoms with Crippen molar-refractivity contribution in [2.75, 3.05) is 38.0 Å². The minimum Gasteiger partial charge on any atom is -0.339 e. The summed E-state index contributed by atoms with van der Waals surface area (Å²) in [4.78, 5) is 38.5. The second-order valence-corrected chi connectivity index (χ2v) is 8.71. The predicted molar refractivity (Wildman–Crippen MR) is 120 cm³/mol. The zero-order valence-electron chi connectivity index (χ0n) is 18.5. The Labute approximate surface area is 188 Å². The Morgan fingerprint density at radius 3 is 2.56 bits per heavy atom. The lowest BCUT2D eigenvalue weighted by molar-refractivity contribution is -0.117. The van der Waals surface area contributed by atoms with Crippen molar-refractivity contribution >= 4 is 17.5 Å². The Kier molecular flexibility index (Phi) is 7.09. The summed E-state index contributed by atoms with van der Waals surface area (Å²) in [6, 6.07) is 5.75. The molecule has 0 aliphatic carbocycles. The highest BCUT2D eigenvalue weighted by Crippen LogP contribution is 2.25. The summed E-state index contributed by atoms with van der Waals surface area (Å²) in [5.41, 5.74) is 1.89. The van der Waals surface area contributed by atoms with Gasteiger partial charge in [-0.2, -0.15) is 0 Å².